The van der Waals surface area contributed by atoms with Crippen LogP contribution in [0.3, 0.4) is 0 Å². The number of nitrogens with zero attached hydrogens (tertiary/aromatic N) is 2. The summed E-state index contributed by atoms with van der Waals surface area (Å²) in [7, 11) is 0. The van der Waals surface area contributed by atoms with Crippen molar-refractivity contribution in [3.8, 4) is 11.4 Å². The van der Waals surface area contributed by atoms with Crippen molar-refractivity contribution in [2.24, 2.45) is 5.92 Å². The third-order valence-corrected chi connectivity index (χ3v) is 4.87. The molecule has 1 aliphatic carbocycles. The van der Waals surface area contributed by atoms with E-state index in [4.69, 9.17) is 12.2 Å². The van der Waals surface area contributed by atoms with Crippen LogP contribution >= 0.6 is 12.2 Å². The van der Waals surface area contributed by atoms with Crippen LogP contribution in [0, 0.1) is 5.92 Å². The van der Waals surface area contributed by atoms with E-state index in [-0.39, 0.29) is 11.4 Å². The molecule has 8 heteroatoms. The molecule has 4 N–H and O–H groups in total. The van der Waals surface area contributed by atoms with Crippen LogP contribution in [-0.4, -0.2) is 31.9 Å². The zero-order valence-electron chi connectivity index (χ0n) is 14.6. The maximum absolute atomic E-state index is 12.3. The summed E-state index contributed by atoms with van der Waals surface area (Å²) in [5, 5.41) is 17.7. The molecule has 0 unspecified atom stereocenters. The van der Waals surface area contributed by atoms with Gasteiger partial charge in [-0.1, -0.05) is 38.0 Å². The maximum Gasteiger partial charge on any atom is 0.294 e. The lowest BCUT2D eigenvalue weighted by molar-refractivity contribution is 0.0935. The number of hydrogen-bond donors (Lipinski definition) is 4. The number of para-hydroxylation sites is 1. The summed E-state index contributed by atoms with van der Waals surface area (Å²) in [6.45, 7) is 2.20. The molecule has 1 fully saturated rings. The van der Waals surface area contributed by atoms with Gasteiger partial charge in [-0.15, -0.1) is 0 Å². The van der Waals surface area contributed by atoms with Crippen LogP contribution in [0.1, 0.15) is 43.1 Å². The van der Waals surface area contributed by atoms with Gasteiger partial charge in [0, 0.05) is 6.04 Å². The lowest BCUT2D eigenvalue weighted by atomic mass is 9.86. The van der Waals surface area contributed by atoms with Gasteiger partial charge in [-0.05, 0) is 43.1 Å². The SMILES string of the molecule is C[C@@H]1CCCC[C@@H]1NC(=S)NNC(=O)c1nn(-c2ccccc2)cc1O. The zero-order valence-corrected chi connectivity index (χ0v) is 15.4. The summed E-state index contributed by atoms with van der Waals surface area (Å²) in [6.07, 6.45) is 6.07. The molecule has 1 amide bonds. The van der Waals surface area contributed by atoms with E-state index in [1.54, 1.807) is 0 Å². The molecule has 0 saturated heterocycles. The highest BCUT2D eigenvalue weighted by Gasteiger charge is 2.22. The lowest BCUT2D eigenvalue weighted by Crippen LogP contribution is -2.51. The molecule has 1 aliphatic rings. The molecule has 0 aliphatic heterocycles. The minimum atomic E-state index is -0.557. The van der Waals surface area contributed by atoms with Crippen molar-refractivity contribution in [3.05, 3.63) is 42.2 Å². The average Bonchev–Trinajstić information content (AvgIpc) is 3.04. The third-order valence-electron chi connectivity index (χ3n) is 4.65. The molecule has 2 aromatic rings. The third kappa shape index (κ3) is 4.32. The van der Waals surface area contributed by atoms with Crippen LogP contribution in [0.5, 0.6) is 5.75 Å². The number of rotatable bonds is 3. The van der Waals surface area contributed by atoms with Gasteiger partial charge >= 0.3 is 0 Å². The molecule has 2 atom stereocenters. The fourth-order valence-electron chi connectivity index (χ4n) is 3.15. The molecular weight excluding hydrogens is 350 g/mol. The van der Waals surface area contributed by atoms with Gasteiger partial charge in [0.25, 0.3) is 5.91 Å². The number of hydrazine groups is 1. The zero-order chi connectivity index (χ0) is 18.5. The molecule has 1 saturated carbocycles. The first kappa shape index (κ1) is 18.2. The van der Waals surface area contributed by atoms with Gasteiger partial charge < -0.3 is 10.4 Å². The number of nitrogens with one attached hydrogen (secondary N) is 3. The van der Waals surface area contributed by atoms with Crippen molar-refractivity contribution >= 4 is 23.2 Å². The van der Waals surface area contributed by atoms with Gasteiger partial charge in [0.15, 0.2) is 16.6 Å². The Kier molecular flexibility index (Phi) is 5.72. The number of carbonyl (C=O) groups excluding carboxylic acids is 1. The first-order chi connectivity index (χ1) is 12.5. The minimum absolute atomic E-state index is 0.0739. The Morgan fingerprint density at radius 1 is 1.23 bits per heavy atom. The van der Waals surface area contributed by atoms with Crippen LogP contribution in [0.15, 0.2) is 36.5 Å². The summed E-state index contributed by atoms with van der Waals surface area (Å²) in [5.41, 5.74) is 5.84. The van der Waals surface area contributed by atoms with Gasteiger partial charge in [0.2, 0.25) is 0 Å². The molecule has 1 heterocycles. The molecule has 1 aromatic carbocycles. The van der Waals surface area contributed by atoms with Crippen LogP contribution in [0.4, 0.5) is 0 Å². The van der Waals surface area contributed by atoms with Crippen LogP contribution < -0.4 is 16.2 Å². The maximum atomic E-state index is 12.3. The highest BCUT2D eigenvalue weighted by atomic mass is 32.1. The summed E-state index contributed by atoms with van der Waals surface area (Å²) < 4.78 is 1.45. The van der Waals surface area contributed by atoms with Gasteiger partial charge in [-0.2, -0.15) is 5.10 Å². The fraction of sp³-hybridized carbons (Fsp3) is 0.389. The van der Waals surface area contributed by atoms with Crippen LogP contribution in [-0.2, 0) is 0 Å². The van der Waals surface area contributed by atoms with Crippen LogP contribution in [0.2, 0.25) is 0 Å². The molecule has 138 valence electrons. The molecule has 0 spiro atoms. The molecule has 1 aromatic heterocycles. The van der Waals surface area contributed by atoms with Gasteiger partial charge in [0.1, 0.15) is 0 Å². The van der Waals surface area contributed by atoms with Crippen molar-refractivity contribution in [1.82, 2.24) is 25.9 Å². The number of hydrogen-bond acceptors (Lipinski definition) is 4. The Balaban J connectivity index is 1.56. The second-order valence-corrected chi connectivity index (χ2v) is 6.97. The number of benzene rings is 1. The topological polar surface area (TPSA) is 91.2 Å². The summed E-state index contributed by atoms with van der Waals surface area (Å²) >= 11 is 5.25. The second-order valence-electron chi connectivity index (χ2n) is 6.56. The monoisotopic (exact) mass is 373 g/mol. The molecule has 0 radical (unpaired) electrons. The van der Waals surface area contributed by atoms with Crippen molar-refractivity contribution < 1.29 is 9.90 Å². The Bertz CT molecular complexity index is 777. The number of carbonyl (C=O) groups is 1. The Morgan fingerprint density at radius 3 is 2.69 bits per heavy atom. The van der Waals surface area contributed by atoms with Crippen molar-refractivity contribution in [2.45, 2.75) is 38.6 Å². The van der Waals surface area contributed by atoms with Crippen molar-refractivity contribution in [3.63, 3.8) is 0 Å². The number of aromatic hydroxyl groups is 1. The van der Waals surface area contributed by atoms with E-state index in [2.05, 4.69) is 28.2 Å². The van der Waals surface area contributed by atoms with E-state index in [1.807, 2.05) is 30.3 Å². The summed E-state index contributed by atoms with van der Waals surface area (Å²) in [4.78, 5) is 12.3. The van der Waals surface area contributed by atoms with Crippen LogP contribution in [0.25, 0.3) is 5.69 Å². The first-order valence-electron chi connectivity index (χ1n) is 8.75. The standard InChI is InChI=1S/C18H23N5O2S/c1-12-7-5-6-10-14(12)19-18(26)21-20-17(25)16-15(24)11-23(22-16)13-8-3-2-4-9-13/h2-4,8-9,11-12,14,24H,5-7,10H2,1H3,(H,20,25)(H2,19,21,26)/t12-,14+/m1/s1. The largest absolute Gasteiger partial charge is 0.504 e. The highest BCUT2D eigenvalue weighted by molar-refractivity contribution is 7.80. The van der Waals surface area contributed by atoms with E-state index < -0.39 is 5.91 Å². The molecule has 3 rings (SSSR count). The molecule has 7 nitrogen and oxygen atoms in total. The molecular formula is C18H23N5O2S. The van der Waals surface area contributed by atoms with Gasteiger partial charge in [-0.3, -0.25) is 15.6 Å². The first-order valence-corrected chi connectivity index (χ1v) is 9.16. The van der Waals surface area contributed by atoms with Crippen molar-refractivity contribution in [1.29, 1.82) is 0 Å². The summed E-state index contributed by atoms with van der Waals surface area (Å²) in [6, 6.07) is 9.56. The summed E-state index contributed by atoms with van der Waals surface area (Å²) in [5.74, 6) is -0.212. The smallest absolute Gasteiger partial charge is 0.294 e. The average molecular weight is 373 g/mol. The van der Waals surface area contributed by atoms with Gasteiger partial charge in [0.05, 0.1) is 11.9 Å². The lowest BCUT2D eigenvalue weighted by Gasteiger charge is -2.30. The van der Waals surface area contributed by atoms with E-state index in [0.717, 1.165) is 12.1 Å². The Morgan fingerprint density at radius 2 is 1.96 bits per heavy atom. The van der Waals surface area contributed by atoms with E-state index in [9.17, 15) is 9.90 Å². The van der Waals surface area contributed by atoms with Crippen molar-refractivity contribution in [2.75, 3.05) is 0 Å². The highest BCUT2D eigenvalue weighted by Crippen LogP contribution is 2.23. The Hall–Kier alpha value is -2.61. The fourth-order valence-corrected chi connectivity index (χ4v) is 3.35. The quantitative estimate of drug-likeness (QED) is 0.487. The van der Waals surface area contributed by atoms with E-state index in [0.29, 0.717) is 17.1 Å². The molecule has 26 heavy (non-hydrogen) atoms. The number of amides is 1. The van der Waals surface area contributed by atoms with Gasteiger partial charge in [-0.25, -0.2) is 4.68 Å². The van der Waals surface area contributed by atoms with E-state index >= 15 is 0 Å². The number of aromatic nitrogens is 2. The molecule has 0 bridgehead atoms. The minimum Gasteiger partial charge on any atom is -0.504 e. The normalized spacial score (nSPS) is 19.6. The predicted octanol–water partition coefficient (Wildman–Crippen LogP) is 2.27. The van der Waals surface area contributed by atoms with E-state index in [1.165, 1.54) is 30.1 Å². The second kappa shape index (κ2) is 8.18. The Labute approximate surface area is 157 Å². The predicted molar refractivity (Wildman–Crippen MR) is 103 cm³/mol. The number of thiocarbonyl (C=S) groups is 1.